The quantitative estimate of drug-likeness (QED) is 0.355. The van der Waals surface area contributed by atoms with Crippen LogP contribution in [0.5, 0.6) is 5.75 Å². The van der Waals surface area contributed by atoms with Gasteiger partial charge in [-0.15, -0.1) is 0 Å². The van der Waals surface area contributed by atoms with Crippen LogP contribution in [0.25, 0.3) is 0 Å². The second-order valence-corrected chi connectivity index (χ2v) is 8.73. The summed E-state index contributed by atoms with van der Waals surface area (Å²) in [6.45, 7) is 5.26. The van der Waals surface area contributed by atoms with Crippen LogP contribution >= 0.6 is 23.8 Å². The van der Waals surface area contributed by atoms with Crippen molar-refractivity contribution < 1.29 is 9.47 Å². The Balaban J connectivity index is 1.72. The number of nitrogens with one attached hydrogen (secondary N) is 1. The first-order chi connectivity index (χ1) is 15.5. The van der Waals surface area contributed by atoms with Gasteiger partial charge in [-0.05, 0) is 68.0 Å². The Hall–Kier alpha value is -2.61. The molecular formula is C24H27ClN4O2S. The standard InChI is InChI=1S/C24H27ClN4O2S/c1-16(2)28-11-9-17(15-28)23-22(20-6-4-5-10-26-20)27-24(32)29(23)18-7-8-21(19(25)14-18)31-13-12-30-3/h4-11,14-16,22-23H,12-13H2,1-3H3,(H,27,32)/t22-,23-/m1/s1. The normalized spacial score (nSPS) is 18.3. The van der Waals surface area contributed by atoms with Crippen molar-refractivity contribution in [3.63, 3.8) is 0 Å². The molecule has 1 aromatic carbocycles. The van der Waals surface area contributed by atoms with E-state index in [1.807, 2.05) is 42.6 Å². The number of aromatic nitrogens is 2. The Morgan fingerprint density at radius 3 is 2.69 bits per heavy atom. The number of nitrogens with zero attached hydrogens (tertiary/aromatic N) is 3. The maximum atomic E-state index is 6.55. The summed E-state index contributed by atoms with van der Waals surface area (Å²) in [6, 6.07) is 14.0. The second-order valence-electron chi connectivity index (χ2n) is 7.94. The highest BCUT2D eigenvalue weighted by Gasteiger charge is 2.41. The third-order valence-corrected chi connectivity index (χ3v) is 6.12. The molecule has 0 bridgehead atoms. The van der Waals surface area contributed by atoms with Crippen LogP contribution in [-0.2, 0) is 4.74 Å². The van der Waals surface area contributed by atoms with E-state index in [-0.39, 0.29) is 12.1 Å². The molecule has 32 heavy (non-hydrogen) atoms. The van der Waals surface area contributed by atoms with Gasteiger partial charge in [-0.2, -0.15) is 0 Å². The van der Waals surface area contributed by atoms with Gasteiger partial charge in [0.25, 0.3) is 0 Å². The van der Waals surface area contributed by atoms with Crippen LogP contribution < -0.4 is 15.0 Å². The van der Waals surface area contributed by atoms with Gasteiger partial charge in [0.15, 0.2) is 5.11 Å². The number of benzene rings is 1. The van der Waals surface area contributed by atoms with E-state index in [1.54, 1.807) is 7.11 Å². The molecule has 2 atom stereocenters. The number of hydrogen-bond acceptors (Lipinski definition) is 4. The molecule has 1 aliphatic heterocycles. The number of anilines is 1. The van der Waals surface area contributed by atoms with Crippen molar-refractivity contribution in [2.75, 3.05) is 25.2 Å². The smallest absolute Gasteiger partial charge is 0.174 e. The zero-order chi connectivity index (χ0) is 22.7. The van der Waals surface area contributed by atoms with Crippen molar-refractivity contribution in [3.8, 4) is 5.75 Å². The van der Waals surface area contributed by atoms with Crippen LogP contribution in [0.15, 0.2) is 61.1 Å². The van der Waals surface area contributed by atoms with Crippen molar-refractivity contribution in [1.82, 2.24) is 14.9 Å². The largest absolute Gasteiger partial charge is 0.490 e. The number of ether oxygens (including phenoxy) is 2. The first-order valence-electron chi connectivity index (χ1n) is 10.6. The lowest BCUT2D eigenvalue weighted by atomic mass is 9.98. The minimum Gasteiger partial charge on any atom is -0.490 e. The Kier molecular flexibility index (Phi) is 6.98. The maximum absolute atomic E-state index is 6.55. The van der Waals surface area contributed by atoms with E-state index < -0.39 is 0 Å². The van der Waals surface area contributed by atoms with Gasteiger partial charge in [0.2, 0.25) is 0 Å². The maximum Gasteiger partial charge on any atom is 0.174 e. The first kappa shape index (κ1) is 22.6. The molecule has 0 unspecified atom stereocenters. The van der Waals surface area contributed by atoms with E-state index in [9.17, 15) is 0 Å². The third-order valence-electron chi connectivity index (χ3n) is 5.51. The van der Waals surface area contributed by atoms with E-state index in [0.29, 0.717) is 35.1 Å². The van der Waals surface area contributed by atoms with Crippen LogP contribution in [0.2, 0.25) is 5.02 Å². The van der Waals surface area contributed by atoms with Crippen LogP contribution in [-0.4, -0.2) is 35.0 Å². The number of thiocarbonyl (C=S) groups is 1. The van der Waals surface area contributed by atoms with E-state index >= 15 is 0 Å². The van der Waals surface area contributed by atoms with E-state index in [1.165, 1.54) is 0 Å². The molecule has 3 heterocycles. The van der Waals surface area contributed by atoms with Gasteiger partial charge in [0.1, 0.15) is 12.4 Å². The van der Waals surface area contributed by atoms with Gasteiger partial charge in [0.05, 0.1) is 29.4 Å². The third kappa shape index (κ3) is 4.60. The van der Waals surface area contributed by atoms with E-state index in [4.69, 9.17) is 33.3 Å². The highest BCUT2D eigenvalue weighted by atomic mass is 35.5. The fraction of sp³-hybridized carbons (Fsp3) is 0.333. The zero-order valence-corrected chi connectivity index (χ0v) is 19.9. The molecule has 4 rings (SSSR count). The average Bonchev–Trinajstić information content (AvgIpc) is 3.40. The Morgan fingerprint density at radius 1 is 1.19 bits per heavy atom. The number of rotatable bonds is 8. The monoisotopic (exact) mass is 470 g/mol. The molecule has 2 aromatic heterocycles. The number of pyridine rings is 1. The van der Waals surface area contributed by atoms with Gasteiger partial charge in [-0.25, -0.2) is 0 Å². The molecule has 0 spiro atoms. The summed E-state index contributed by atoms with van der Waals surface area (Å²) >= 11 is 12.3. The molecular weight excluding hydrogens is 444 g/mol. The highest BCUT2D eigenvalue weighted by Crippen LogP contribution is 2.43. The summed E-state index contributed by atoms with van der Waals surface area (Å²) in [7, 11) is 1.64. The zero-order valence-electron chi connectivity index (χ0n) is 18.4. The van der Waals surface area contributed by atoms with Crippen LogP contribution in [0.3, 0.4) is 0 Å². The van der Waals surface area contributed by atoms with Crippen molar-refractivity contribution in [2.45, 2.75) is 32.0 Å². The van der Waals surface area contributed by atoms with Crippen molar-refractivity contribution in [1.29, 1.82) is 0 Å². The highest BCUT2D eigenvalue weighted by molar-refractivity contribution is 7.80. The molecule has 1 fully saturated rings. The summed E-state index contributed by atoms with van der Waals surface area (Å²) in [5, 5.41) is 4.64. The predicted octanol–water partition coefficient (Wildman–Crippen LogP) is 5.32. The van der Waals surface area contributed by atoms with E-state index in [2.05, 4.69) is 52.1 Å². The fourth-order valence-electron chi connectivity index (χ4n) is 3.89. The lowest BCUT2D eigenvalue weighted by Crippen LogP contribution is -2.29. The molecule has 8 heteroatoms. The Bertz CT molecular complexity index is 1070. The van der Waals surface area contributed by atoms with Crippen molar-refractivity contribution in [3.05, 3.63) is 77.3 Å². The molecule has 168 valence electrons. The summed E-state index contributed by atoms with van der Waals surface area (Å²) in [4.78, 5) is 6.71. The minimum absolute atomic E-state index is 0.0753. The van der Waals surface area contributed by atoms with Crippen LogP contribution in [0.4, 0.5) is 5.69 Å². The Morgan fingerprint density at radius 2 is 2.03 bits per heavy atom. The number of hydrogen-bond donors (Lipinski definition) is 1. The van der Waals surface area contributed by atoms with Gasteiger partial charge in [-0.3, -0.25) is 4.98 Å². The van der Waals surface area contributed by atoms with E-state index in [0.717, 1.165) is 16.9 Å². The summed E-state index contributed by atoms with van der Waals surface area (Å²) in [6.07, 6.45) is 6.09. The van der Waals surface area contributed by atoms with Gasteiger partial charge < -0.3 is 24.3 Å². The molecule has 1 saturated heterocycles. The molecule has 3 aromatic rings. The predicted molar refractivity (Wildman–Crippen MR) is 132 cm³/mol. The number of methoxy groups -OCH3 is 1. The molecule has 0 aliphatic carbocycles. The second kappa shape index (κ2) is 9.90. The van der Waals surface area contributed by atoms with Crippen molar-refractivity contribution in [2.24, 2.45) is 0 Å². The van der Waals surface area contributed by atoms with Gasteiger partial charge in [-0.1, -0.05) is 17.7 Å². The lowest BCUT2D eigenvalue weighted by molar-refractivity contribution is 0.146. The van der Waals surface area contributed by atoms with Crippen LogP contribution in [0, 0.1) is 0 Å². The topological polar surface area (TPSA) is 51.6 Å². The number of halogens is 1. The van der Waals surface area contributed by atoms with Gasteiger partial charge >= 0.3 is 0 Å². The molecule has 0 radical (unpaired) electrons. The Labute approximate surface area is 199 Å². The molecule has 6 nitrogen and oxygen atoms in total. The summed E-state index contributed by atoms with van der Waals surface area (Å²) in [5.41, 5.74) is 2.98. The molecule has 0 saturated carbocycles. The molecule has 0 amide bonds. The minimum atomic E-state index is -0.0943. The fourth-order valence-corrected chi connectivity index (χ4v) is 4.47. The van der Waals surface area contributed by atoms with Crippen molar-refractivity contribution >= 4 is 34.6 Å². The average molecular weight is 471 g/mol. The summed E-state index contributed by atoms with van der Waals surface area (Å²) in [5.74, 6) is 0.620. The summed E-state index contributed by atoms with van der Waals surface area (Å²) < 4.78 is 13.0. The van der Waals surface area contributed by atoms with Gasteiger partial charge in [0, 0.05) is 37.4 Å². The van der Waals surface area contributed by atoms with Crippen LogP contribution in [0.1, 0.15) is 43.2 Å². The molecule has 1 aliphatic rings. The molecule has 1 N–H and O–H groups in total. The SMILES string of the molecule is COCCOc1ccc(N2C(=S)N[C@H](c3ccccn3)[C@H]2c2ccn(C(C)C)c2)cc1Cl. The first-order valence-corrected chi connectivity index (χ1v) is 11.4. The lowest BCUT2D eigenvalue weighted by Gasteiger charge is -2.27.